The molecule has 0 unspecified atom stereocenters. The Morgan fingerprint density at radius 3 is 2.37 bits per heavy atom. The van der Waals surface area contributed by atoms with Crippen molar-refractivity contribution in [3.05, 3.63) is 47.3 Å². The number of rotatable bonds is 4. The molecule has 0 atom stereocenters. The van der Waals surface area contributed by atoms with Gasteiger partial charge < -0.3 is 4.74 Å². The molecule has 1 aromatic heterocycles. The molecule has 3 heteroatoms. The number of H-pyrrole nitrogens is 1. The van der Waals surface area contributed by atoms with E-state index in [9.17, 15) is 0 Å². The van der Waals surface area contributed by atoms with Gasteiger partial charge in [-0.25, -0.2) is 0 Å². The lowest BCUT2D eigenvalue weighted by molar-refractivity contribution is 0.320. The van der Waals surface area contributed by atoms with Crippen molar-refractivity contribution in [2.24, 2.45) is 0 Å². The lowest BCUT2D eigenvalue weighted by atomic mass is 9.87. The Hall–Kier alpha value is -1.77. The third-order valence-corrected chi connectivity index (χ3v) is 3.11. The van der Waals surface area contributed by atoms with E-state index >= 15 is 0 Å². The maximum atomic E-state index is 5.73. The summed E-state index contributed by atoms with van der Waals surface area (Å²) in [7, 11) is 0. The largest absolute Gasteiger partial charge is 0.493 e. The molecule has 0 aliphatic rings. The third kappa shape index (κ3) is 3.85. The van der Waals surface area contributed by atoms with E-state index in [1.54, 1.807) is 0 Å². The molecule has 0 fully saturated rings. The van der Waals surface area contributed by atoms with Crippen molar-refractivity contribution in [3.63, 3.8) is 0 Å². The normalized spacial score (nSPS) is 11.6. The van der Waals surface area contributed by atoms with Crippen LogP contribution < -0.4 is 4.74 Å². The topological polar surface area (TPSA) is 37.9 Å². The van der Waals surface area contributed by atoms with Crippen molar-refractivity contribution in [2.45, 2.75) is 39.5 Å². The number of aromatic nitrogens is 2. The lowest BCUT2D eigenvalue weighted by Gasteiger charge is -2.19. The summed E-state index contributed by atoms with van der Waals surface area (Å²) in [4.78, 5) is 0. The van der Waals surface area contributed by atoms with Crippen LogP contribution in [-0.2, 0) is 11.8 Å². The molecule has 1 heterocycles. The Bertz CT molecular complexity index is 520. The highest BCUT2D eigenvalue weighted by molar-refractivity contribution is 5.31. The van der Waals surface area contributed by atoms with E-state index in [1.807, 2.05) is 25.1 Å². The number of hydrogen-bond donors (Lipinski definition) is 1. The van der Waals surface area contributed by atoms with E-state index in [1.165, 1.54) is 5.56 Å². The van der Waals surface area contributed by atoms with Gasteiger partial charge in [0.1, 0.15) is 5.75 Å². The maximum Gasteiger partial charge on any atom is 0.119 e. The maximum absolute atomic E-state index is 5.73. The molecule has 102 valence electrons. The Kier molecular flexibility index (Phi) is 3.93. The van der Waals surface area contributed by atoms with Gasteiger partial charge in [-0.2, -0.15) is 5.10 Å². The van der Waals surface area contributed by atoms with E-state index in [2.05, 4.69) is 43.1 Å². The van der Waals surface area contributed by atoms with Crippen molar-refractivity contribution < 1.29 is 4.74 Å². The second-order valence-corrected chi connectivity index (χ2v) is 5.92. The van der Waals surface area contributed by atoms with Crippen molar-refractivity contribution >= 4 is 0 Å². The van der Waals surface area contributed by atoms with E-state index in [4.69, 9.17) is 4.74 Å². The molecular weight excluding hydrogens is 236 g/mol. The molecule has 2 aromatic rings. The number of aromatic amines is 1. The van der Waals surface area contributed by atoms with Gasteiger partial charge in [0.25, 0.3) is 0 Å². The highest BCUT2D eigenvalue weighted by atomic mass is 16.5. The predicted molar refractivity (Wildman–Crippen MR) is 77.7 cm³/mol. The molecule has 0 saturated heterocycles. The SMILES string of the molecule is Cc1cc(CCOc2ccc(C(C)(C)C)cc2)n[nH]1. The van der Waals surface area contributed by atoms with Gasteiger partial charge in [-0.15, -0.1) is 0 Å². The van der Waals surface area contributed by atoms with Gasteiger partial charge in [-0.05, 0) is 36.1 Å². The van der Waals surface area contributed by atoms with Crippen LogP contribution in [0.15, 0.2) is 30.3 Å². The summed E-state index contributed by atoms with van der Waals surface area (Å²) in [6.45, 7) is 9.29. The van der Waals surface area contributed by atoms with Crippen LogP contribution in [0.2, 0.25) is 0 Å². The van der Waals surface area contributed by atoms with Crippen molar-refractivity contribution in [1.29, 1.82) is 0 Å². The van der Waals surface area contributed by atoms with Crippen LogP contribution in [0.25, 0.3) is 0 Å². The molecule has 0 spiro atoms. The Morgan fingerprint density at radius 1 is 1.16 bits per heavy atom. The van der Waals surface area contributed by atoms with E-state index in [0.717, 1.165) is 23.6 Å². The molecule has 0 bridgehead atoms. The fourth-order valence-corrected chi connectivity index (χ4v) is 1.93. The summed E-state index contributed by atoms with van der Waals surface area (Å²) in [5, 5.41) is 7.12. The number of ether oxygens (including phenoxy) is 1. The van der Waals surface area contributed by atoms with Crippen LogP contribution in [0.3, 0.4) is 0 Å². The molecule has 3 nitrogen and oxygen atoms in total. The van der Waals surface area contributed by atoms with Gasteiger partial charge in [-0.1, -0.05) is 32.9 Å². The van der Waals surface area contributed by atoms with Crippen molar-refractivity contribution in [2.75, 3.05) is 6.61 Å². The third-order valence-electron chi connectivity index (χ3n) is 3.11. The Morgan fingerprint density at radius 2 is 1.84 bits per heavy atom. The van der Waals surface area contributed by atoms with Crippen LogP contribution in [0.1, 0.15) is 37.7 Å². The molecule has 0 amide bonds. The Balaban J connectivity index is 1.86. The van der Waals surface area contributed by atoms with Crippen LogP contribution in [0.4, 0.5) is 0 Å². The Labute approximate surface area is 115 Å². The average Bonchev–Trinajstić information content (AvgIpc) is 2.75. The van der Waals surface area contributed by atoms with Crippen LogP contribution in [0, 0.1) is 6.92 Å². The fourth-order valence-electron chi connectivity index (χ4n) is 1.93. The molecule has 1 N–H and O–H groups in total. The first kappa shape index (κ1) is 13.7. The number of benzene rings is 1. The fraction of sp³-hybridized carbons (Fsp3) is 0.438. The quantitative estimate of drug-likeness (QED) is 0.909. The minimum absolute atomic E-state index is 0.186. The minimum atomic E-state index is 0.186. The lowest BCUT2D eigenvalue weighted by Crippen LogP contribution is -2.10. The zero-order valence-corrected chi connectivity index (χ0v) is 12.2. The molecule has 0 radical (unpaired) electrons. The monoisotopic (exact) mass is 258 g/mol. The molecule has 19 heavy (non-hydrogen) atoms. The van der Waals surface area contributed by atoms with Crippen LogP contribution >= 0.6 is 0 Å². The zero-order chi connectivity index (χ0) is 13.9. The summed E-state index contributed by atoms with van der Waals surface area (Å²) in [6.07, 6.45) is 0.825. The van der Waals surface area contributed by atoms with Crippen LogP contribution in [-0.4, -0.2) is 16.8 Å². The molecular formula is C16H22N2O. The van der Waals surface area contributed by atoms with Crippen LogP contribution in [0.5, 0.6) is 5.75 Å². The molecule has 0 saturated carbocycles. The average molecular weight is 258 g/mol. The first-order chi connectivity index (χ1) is 8.95. The molecule has 1 aromatic carbocycles. The van der Waals surface area contributed by atoms with Gasteiger partial charge in [0, 0.05) is 12.1 Å². The van der Waals surface area contributed by atoms with Crippen molar-refractivity contribution in [1.82, 2.24) is 10.2 Å². The minimum Gasteiger partial charge on any atom is -0.493 e. The summed E-state index contributed by atoms with van der Waals surface area (Å²) in [5.74, 6) is 0.917. The second-order valence-electron chi connectivity index (χ2n) is 5.92. The zero-order valence-electron chi connectivity index (χ0n) is 12.2. The molecule has 2 rings (SSSR count). The highest BCUT2D eigenvalue weighted by Crippen LogP contribution is 2.24. The van der Waals surface area contributed by atoms with Gasteiger partial charge in [-0.3, -0.25) is 5.10 Å². The van der Waals surface area contributed by atoms with Gasteiger partial charge in [0.15, 0.2) is 0 Å². The summed E-state index contributed by atoms with van der Waals surface area (Å²) < 4.78 is 5.73. The van der Waals surface area contributed by atoms with E-state index in [-0.39, 0.29) is 5.41 Å². The highest BCUT2D eigenvalue weighted by Gasteiger charge is 2.12. The predicted octanol–water partition coefficient (Wildman–Crippen LogP) is 3.64. The molecule has 0 aliphatic heterocycles. The van der Waals surface area contributed by atoms with Gasteiger partial charge in [0.05, 0.1) is 12.3 Å². The summed E-state index contributed by atoms with van der Waals surface area (Å²) >= 11 is 0. The van der Waals surface area contributed by atoms with E-state index in [0.29, 0.717) is 6.61 Å². The van der Waals surface area contributed by atoms with E-state index < -0.39 is 0 Å². The number of aryl methyl sites for hydroxylation is 1. The standard InChI is InChI=1S/C16H22N2O/c1-12-11-14(18-17-12)9-10-19-15-7-5-13(6-8-15)16(2,3)4/h5-8,11H,9-10H2,1-4H3,(H,17,18). The summed E-state index contributed by atoms with van der Waals surface area (Å²) in [6, 6.07) is 10.4. The van der Waals surface area contributed by atoms with Gasteiger partial charge in [0.2, 0.25) is 0 Å². The number of nitrogens with zero attached hydrogens (tertiary/aromatic N) is 1. The first-order valence-corrected chi connectivity index (χ1v) is 6.69. The first-order valence-electron chi connectivity index (χ1n) is 6.69. The van der Waals surface area contributed by atoms with Crippen molar-refractivity contribution in [3.8, 4) is 5.75 Å². The smallest absolute Gasteiger partial charge is 0.119 e. The number of hydrogen-bond acceptors (Lipinski definition) is 2. The number of nitrogens with one attached hydrogen (secondary N) is 1. The second kappa shape index (κ2) is 5.47. The molecule has 0 aliphatic carbocycles. The summed E-state index contributed by atoms with van der Waals surface area (Å²) in [5.41, 5.74) is 3.64. The van der Waals surface area contributed by atoms with Gasteiger partial charge >= 0.3 is 0 Å².